The van der Waals surface area contributed by atoms with Gasteiger partial charge < -0.3 is 5.11 Å². The van der Waals surface area contributed by atoms with E-state index < -0.39 is 10.0 Å². The van der Waals surface area contributed by atoms with E-state index in [-0.39, 0.29) is 10.8 Å². The van der Waals surface area contributed by atoms with Crippen LogP contribution in [0.4, 0.5) is 5.69 Å². The zero-order chi connectivity index (χ0) is 21.6. The summed E-state index contributed by atoms with van der Waals surface area (Å²) in [7, 11) is -3.59. The minimum Gasteiger partial charge on any atom is -0.507 e. The molecule has 3 rings (SSSR count). The van der Waals surface area contributed by atoms with E-state index in [1.807, 2.05) is 53.7 Å². The topological polar surface area (TPSA) is 70.5 Å². The summed E-state index contributed by atoms with van der Waals surface area (Å²) in [5.74, 6) is 0.290. The number of hydrogen-bond donors (Lipinski definition) is 1. The van der Waals surface area contributed by atoms with Crippen molar-refractivity contribution in [1.29, 1.82) is 0 Å². The SMILES string of the molecule is CC(C)(C)c1cc(/C=C2\CCN(c3cccnc3)S2(=O)=O)cc(C(C)(C)C)c1O. The van der Waals surface area contributed by atoms with Gasteiger partial charge in [-0.2, -0.15) is 0 Å². The lowest BCUT2D eigenvalue weighted by Gasteiger charge is -2.28. The van der Waals surface area contributed by atoms with Crippen molar-refractivity contribution in [3.63, 3.8) is 0 Å². The summed E-state index contributed by atoms with van der Waals surface area (Å²) in [4.78, 5) is 4.42. The molecule has 0 bridgehead atoms. The molecule has 0 radical (unpaired) electrons. The molecule has 1 aromatic heterocycles. The third-order valence-corrected chi connectivity index (χ3v) is 7.15. The first-order valence-electron chi connectivity index (χ1n) is 9.83. The van der Waals surface area contributed by atoms with Gasteiger partial charge in [0, 0.05) is 30.3 Å². The number of aromatic hydroxyl groups is 1. The number of sulfonamides is 1. The number of phenolic OH excluding ortho intramolecular Hbond substituents is 1. The van der Waals surface area contributed by atoms with E-state index in [0.717, 1.165) is 16.7 Å². The fourth-order valence-corrected chi connectivity index (χ4v) is 5.22. The molecule has 2 heterocycles. The Balaban J connectivity index is 2.11. The van der Waals surface area contributed by atoms with E-state index in [4.69, 9.17) is 0 Å². The smallest absolute Gasteiger partial charge is 0.260 e. The van der Waals surface area contributed by atoms with E-state index in [9.17, 15) is 13.5 Å². The maximum atomic E-state index is 13.1. The molecule has 1 aliphatic heterocycles. The minimum absolute atomic E-state index is 0.269. The Bertz CT molecular complexity index is 1010. The van der Waals surface area contributed by atoms with Crippen molar-refractivity contribution in [3.8, 4) is 5.75 Å². The molecule has 6 heteroatoms. The Hall–Kier alpha value is -2.34. The van der Waals surface area contributed by atoms with Crippen molar-refractivity contribution >= 4 is 21.8 Å². The largest absolute Gasteiger partial charge is 0.507 e. The van der Waals surface area contributed by atoms with Gasteiger partial charge in [0.1, 0.15) is 5.75 Å². The van der Waals surface area contributed by atoms with Crippen molar-refractivity contribution in [2.75, 3.05) is 10.8 Å². The summed E-state index contributed by atoms with van der Waals surface area (Å²) in [6, 6.07) is 7.29. The van der Waals surface area contributed by atoms with E-state index in [1.165, 1.54) is 4.31 Å². The molecule has 0 atom stereocenters. The molecule has 1 aromatic carbocycles. The molecule has 5 nitrogen and oxygen atoms in total. The number of benzene rings is 1. The van der Waals surface area contributed by atoms with Gasteiger partial charge >= 0.3 is 0 Å². The first kappa shape index (κ1) is 21.4. The highest BCUT2D eigenvalue weighted by atomic mass is 32.2. The molecule has 1 N–H and O–H groups in total. The van der Waals surface area contributed by atoms with Crippen LogP contribution in [0.25, 0.3) is 6.08 Å². The maximum Gasteiger partial charge on any atom is 0.260 e. The summed E-state index contributed by atoms with van der Waals surface area (Å²) in [6.07, 6.45) is 5.38. The van der Waals surface area contributed by atoms with E-state index >= 15 is 0 Å². The van der Waals surface area contributed by atoms with Crippen molar-refractivity contribution < 1.29 is 13.5 Å². The van der Waals surface area contributed by atoms with Crippen LogP contribution >= 0.6 is 0 Å². The van der Waals surface area contributed by atoms with Gasteiger partial charge in [0.25, 0.3) is 10.0 Å². The molecule has 0 unspecified atom stereocenters. The summed E-state index contributed by atoms with van der Waals surface area (Å²) in [5, 5.41) is 10.9. The third kappa shape index (κ3) is 4.17. The maximum absolute atomic E-state index is 13.1. The number of pyridine rings is 1. The highest BCUT2D eigenvalue weighted by Crippen LogP contribution is 2.41. The number of phenols is 1. The van der Waals surface area contributed by atoms with Gasteiger partial charge in [-0.3, -0.25) is 9.29 Å². The van der Waals surface area contributed by atoms with Crippen LogP contribution in [-0.2, 0) is 20.9 Å². The van der Waals surface area contributed by atoms with Gasteiger partial charge in [-0.05, 0) is 46.7 Å². The van der Waals surface area contributed by atoms with Gasteiger partial charge in [0.2, 0.25) is 0 Å². The van der Waals surface area contributed by atoms with Crippen LogP contribution in [0.1, 0.15) is 64.7 Å². The van der Waals surface area contributed by atoms with Crippen LogP contribution in [0, 0.1) is 0 Å². The number of anilines is 1. The quantitative estimate of drug-likeness (QED) is 0.754. The van der Waals surface area contributed by atoms with Gasteiger partial charge in [-0.15, -0.1) is 0 Å². The van der Waals surface area contributed by atoms with E-state index in [1.54, 1.807) is 30.6 Å². The zero-order valence-electron chi connectivity index (χ0n) is 18.0. The Kier molecular flexibility index (Phi) is 5.28. The predicted octanol–water partition coefficient (Wildman–Crippen LogP) is 4.96. The standard InChI is InChI=1S/C23H30N2O3S/c1-22(2,3)19-13-16(14-20(21(19)26)23(4,5)6)12-18-9-11-25(29(18,27)28)17-8-7-10-24-15-17/h7-8,10,12-15,26H,9,11H2,1-6H3/b18-12+. The molecule has 0 spiro atoms. The molecule has 1 aliphatic rings. The van der Waals surface area contributed by atoms with Crippen molar-refractivity contribution in [2.24, 2.45) is 0 Å². The normalized spacial score (nSPS) is 18.4. The zero-order valence-corrected chi connectivity index (χ0v) is 18.8. The van der Waals surface area contributed by atoms with Crippen LogP contribution < -0.4 is 4.31 Å². The lowest BCUT2D eigenvalue weighted by atomic mass is 9.78. The summed E-state index contributed by atoms with van der Waals surface area (Å²) in [6.45, 7) is 12.7. The molecule has 156 valence electrons. The average molecular weight is 415 g/mol. The first-order chi connectivity index (χ1) is 13.3. The summed E-state index contributed by atoms with van der Waals surface area (Å²) < 4.78 is 27.6. The molecule has 29 heavy (non-hydrogen) atoms. The average Bonchev–Trinajstić information content (AvgIpc) is 2.89. The highest BCUT2D eigenvalue weighted by molar-refractivity contribution is 7.97. The lowest BCUT2D eigenvalue weighted by molar-refractivity contribution is 0.423. The highest BCUT2D eigenvalue weighted by Gasteiger charge is 2.34. The Morgan fingerprint density at radius 3 is 2.14 bits per heavy atom. The Morgan fingerprint density at radius 1 is 1.07 bits per heavy atom. The van der Waals surface area contributed by atoms with Gasteiger partial charge in [0.15, 0.2) is 0 Å². The fraction of sp³-hybridized carbons (Fsp3) is 0.435. The molecule has 1 fully saturated rings. The van der Waals surface area contributed by atoms with Crippen molar-refractivity contribution in [2.45, 2.75) is 58.8 Å². The molecule has 1 saturated heterocycles. The Morgan fingerprint density at radius 2 is 1.66 bits per heavy atom. The molecule has 0 aliphatic carbocycles. The fourth-order valence-electron chi connectivity index (χ4n) is 3.59. The number of aromatic nitrogens is 1. The predicted molar refractivity (Wildman–Crippen MR) is 119 cm³/mol. The van der Waals surface area contributed by atoms with Crippen LogP contribution in [0.3, 0.4) is 0 Å². The second-order valence-corrected chi connectivity index (χ2v) is 11.5. The van der Waals surface area contributed by atoms with Crippen LogP contribution in [0.2, 0.25) is 0 Å². The van der Waals surface area contributed by atoms with Crippen LogP contribution in [-0.4, -0.2) is 25.1 Å². The van der Waals surface area contributed by atoms with Crippen LogP contribution in [0.5, 0.6) is 5.75 Å². The number of hydrogen-bond acceptors (Lipinski definition) is 4. The molecule has 2 aromatic rings. The minimum atomic E-state index is -3.59. The lowest BCUT2D eigenvalue weighted by Crippen LogP contribution is -2.24. The second kappa shape index (κ2) is 7.17. The van der Waals surface area contributed by atoms with E-state index in [2.05, 4.69) is 4.98 Å². The molecular weight excluding hydrogens is 384 g/mol. The Labute approximate surface area is 174 Å². The van der Waals surface area contributed by atoms with Gasteiger partial charge in [-0.25, -0.2) is 8.42 Å². The van der Waals surface area contributed by atoms with Crippen molar-refractivity contribution in [3.05, 3.63) is 58.3 Å². The molecule has 0 amide bonds. The monoisotopic (exact) mass is 414 g/mol. The molecular formula is C23H30N2O3S. The summed E-state index contributed by atoms with van der Waals surface area (Å²) >= 11 is 0. The number of nitrogens with zero attached hydrogens (tertiary/aromatic N) is 2. The number of rotatable bonds is 2. The van der Waals surface area contributed by atoms with E-state index in [0.29, 0.717) is 29.3 Å². The first-order valence-corrected chi connectivity index (χ1v) is 11.3. The summed E-state index contributed by atoms with van der Waals surface area (Å²) in [5.41, 5.74) is 2.47. The second-order valence-electron chi connectivity index (χ2n) is 9.61. The van der Waals surface area contributed by atoms with Crippen molar-refractivity contribution in [1.82, 2.24) is 4.98 Å². The molecule has 0 saturated carbocycles. The van der Waals surface area contributed by atoms with Crippen LogP contribution in [0.15, 0.2) is 41.6 Å². The third-order valence-electron chi connectivity index (χ3n) is 5.19. The van der Waals surface area contributed by atoms with Gasteiger partial charge in [0.05, 0.1) is 16.8 Å². The van der Waals surface area contributed by atoms with Gasteiger partial charge in [-0.1, -0.05) is 41.5 Å².